The van der Waals surface area contributed by atoms with Gasteiger partial charge in [-0.3, -0.25) is 4.79 Å². The lowest BCUT2D eigenvalue weighted by Gasteiger charge is -2.20. The summed E-state index contributed by atoms with van der Waals surface area (Å²) in [5, 5.41) is 31.6. The molecule has 5 nitrogen and oxygen atoms in total. The topological polar surface area (TPSA) is 89.8 Å². The molecule has 0 radical (unpaired) electrons. The van der Waals surface area contributed by atoms with E-state index in [1.54, 1.807) is 30.3 Å². The van der Waals surface area contributed by atoms with Crippen molar-refractivity contribution in [2.45, 2.75) is 31.8 Å². The average molecular weight is 327 g/mol. The number of benzene rings is 2. The van der Waals surface area contributed by atoms with Crippen molar-refractivity contribution in [2.24, 2.45) is 0 Å². The Morgan fingerprint density at radius 2 is 1.71 bits per heavy atom. The molecular weight excluding hydrogens is 305 g/mol. The third kappa shape index (κ3) is 5.20. The third-order valence-corrected chi connectivity index (χ3v) is 3.92. The van der Waals surface area contributed by atoms with Crippen LogP contribution in [0.5, 0.6) is 0 Å². The Labute approximate surface area is 142 Å². The van der Waals surface area contributed by atoms with E-state index in [1.807, 2.05) is 31.2 Å². The van der Waals surface area contributed by atoms with E-state index in [1.165, 1.54) is 0 Å². The summed E-state index contributed by atoms with van der Waals surface area (Å²) in [5.41, 5.74) is 2.65. The van der Waals surface area contributed by atoms with Crippen LogP contribution in [-0.4, -0.2) is 34.1 Å². The van der Waals surface area contributed by atoms with Crippen molar-refractivity contribution in [1.82, 2.24) is 5.32 Å². The largest absolute Gasteiger partial charge is 0.475 e. The van der Waals surface area contributed by atoms with Gasteiger partial charge in [-0.1, -0.05) is 60.2 Å². The van der Waals surface area contributed by atoms with Crippen LogP contribution < -0.4 is 5.32 Å². The highest BCUT2D eigenvalue weighted by Gasteiger charge is 2.28. The molecule has 6 heteroatoms. The zero-order valence-electron chi connectivity index (χ0n) is 13.6. The third-order valence-electron chi connectivity index (χ3n) is 3.92. The predicted octanol–water partition coefficient (Wildman–Crippen LogP) is 1.16. The summed E-state index contributed by atoms with van der Waals surface area (Å²) >= 11 is 0. The first-order chi connectivity index (χ1) is 11.5. The predicted molar refractivity (Wildman–Crippen MR) is 93.0 cm³/mol. The number of aliphatic hydroxyl groups is 1. The van der Waals surface area contributed by atoms with E-state index in [9.17, 15) is 19.9 Å². The van der Waals surface area contributed by atoms with Crippen LogP contribution in [-0.2, 0) is 11.2 Å². The van der Waals surface area contributed by atoms with Crippen molar-refractivity contribution in [1.29, 1.82) is 0 Å². The minimum Gasteiger partial charge on any atom is -0.426 e. The van der Waals surface area contributed by atoms with Crippen molar-refractivity contribution >= 4 is 13.0 Å². The molecule has 4 N–H and O–H groups in total. The number of amides is 1. The summed E-state index contributed by atoms with van der Waals surface area (Å²) in [7, 11) is -1.69. The number of hydrogen-bond donors (Lipinski definition) is 4. The number of hydrogen-bond acceptors (Lipinski definition) is 4. The van der Waals surface area contributed by atoms with Crippen molar-refractivity contribution in [3.8, 4) is 0 Å². The van der Waals surface area contributed by atoms with E-state index < -0.39 is 25.1 Å². The Kier molecular flexibility index (Phi) is 6.55. The molecule has 0 bridgehead atoms. The Balaban J connectivity index is 1.95. The second kappa shape index (κ2) is 8.64. The van der Waals surface area contributed by atoms with Crippen LogP contribution in [0.3, 0.4) is 0 Å². The van der Waals surface area contributed by atoms with E-state index in [2.05, 4.69) is 5.32 Å². The van der Waals surface area contributed by atoms with Gasteiger partial charge >= 0.3 is 7.12 Å². The van der Waals surface area contributed by atoms with Gasteiger partial charge in [-0.25, -0.2) is 0 Å². The molecule has 24 heavy (non-hydrogen) atoms. The molecule has 0 spiro atoms. The van der Waals surface area contributed by atoms with E-state index in [0.717, 1.165) is 11.1 Å². The minimum atomic E-state index is -1.69. The Bertz CT molecular complexity index is 646. The van der Waals surface area contributed by atoms with Crippen LogP contribution in [0.1, 0.15) is 29.2 Å². The summed E-state index contributed by atoms with van der Waals surface area (Å²) in [5.74, 6) is -1.50. The molecule has 0 aliphatic carbocycles. The van der Waals surface area contributed by atoms with Gasteiger partial charge in [0.25, 0.3) is 5.91 Å². The Morgan fingerprint density at radius 3 is 2.29 bits per heavy atom. The van der Waals surface area contributed by atoms with Crippen LogP contribution in [0.15, 0.2) is 54.6 Å². The van der Waals surface area contributed by atoms with Crippen molar-refractivity contribution in [2.75, 3.05) is 0 Å². The fourth-order valence-electron chi connectivity index (χ4n) is 2.42. The molecule has 0 aromatic heterocycles. The number of carbonyl (C=O) groups excluding carboxylic acids is 1. The first-order valence-electron chi connectivity index (χ1n) is 7.92. The fraction of sp³-hybridized carbons (Fsp3) is 0.278. The highest BCUT2D eigenvalue weighted by Crippen LogP contribution is 2.13. The summed E-state index contributed by atoms with van der Waals surface area (Å²) in [6.07, 6.45) is -0.398. The van der Waals surface area contributed by atoms with Gasteiger partial charge in [0, 0.05) is 0 Å². The van der Waals surface area contributed by atoms with Gasteiger partial charge in [-0.05, 0) is 30.9 Å². The number of rotatable bonds is 7. The Hall–Kier alpha value is -2.15. The molecule has 1 amide bonds. The number of carbonyl (C=O) groups is 1. The normalized spacial score (nSPS) is 13.2. The number of aliphatic hydroxyl groups excluding tert-OH is 1. The van der Waals surface area contributed by atoms with Crippen LogP contribution >= 0.6 is 0 Å². The molecule has 0 fully saturated rings. The maximum Gasteiger partial charge on any atom is 0.475 e. The van der Waals surface area contributed by atoms with Crippen LogP contribution in [0.25, 0.3) is 0 Å². The summed E-state index contributed by atoms with van der Waals surface area (Å²) in [6, 6.07) is 16.4. The van der Waals surface area contributed by atoms with Gasteiger partial charge < -0.3 is 20.5 Å². The van der Waals surface area contributed by atoms with E-state index in [0.29, 0.717) is 18.4 Å². The molecule has 0 aliphatic heterocycles. The maximum atomic E-state index is 12.1. The van der Waals surface area contributed by atoms with E-state index >= 15 is 0 Å². The van der Waals surface area contributed by atoms with Gasteiger partial charge in [-0.15, -0.1) is 0 Å². The average Bonchev–Trinajstić information content (AvgIpc) is 2.59. The molecule has 0 aliphatic rings. The lowest BCUT2D eigenvalue weighted by Crippen LogP contribution is -2.48. The first-order valence-corrected chi connectivity index (χ1v) is 7.92. The number of nitrogens with one attached hydrogen (secondary N) is 1. The van der Waals surface area contributed by atoms with Crippen LogP contribution in [0.2, 0.25) is 0 Å². The number of aryl methyl sites for hydroxylation is 2. The first kappa shape index (κ1) is 18.2. The highest BCUT2D eigenvalue weighted by atomic mass is 16.4. The van der Waals surface area contributed by atoms with E-state index in [-0.39, 0.29) is 0 Å². The smallest absolute Gasteiger partial charge is 0.426 e. The molecule has 2 aromatic rings. The van der Waals surface area contributed by atoms with Crippen molar-refractivity contribution in [3.05, 3.63) is 71.3 Å². The summed E-state index contributed by atoms with van der Waals surface area (Å²) < 4.78 is 0. The molecule has 0 heterocycles. The molecule has 2 atom stereocenters. The van der Waals surface area contributed by atoms with Gasteiger partial charge in [-0.2, -0.15) is 0 Å². The van der Waals surface area contributed by atoms with Crippen LogP contribution in [0.4, 0.5) is 0 Å². The second-order valence-electron chi connectivity index (χ2n) is 5.87. The molecule has 2 aromatic carbocycles. The standard InChI is InChI=1S/C18H22BNO4/c1-13-7-9-14(10-8-13)11-12-16(19(23)24)20-18(22)17(21)15-5-3-2-4-6-15/h2-10,16-17,21,23-24H,11-12H2,1H3,(H,20,22)/t16-,17+/m0/s1. The molecule has 0 unspecified atom stereocenters. The fourth-order valence-corrected chi connectivity index (χ4v) is 2.42. The summed E-state index contributed by atoms with van der Waals surface area (Å²) in [6.45, 7) is 2.00. The highest BCUT2D eigenvalue weighted by molar-refractivity contribution is 6.43. The molecule has 0 saturated carbocycles. The van der Waals surface area contributed by atoms with Gasteiger partial charge in [0.05, 0.1) is 5.94 Å². The van der Waals surface area contributed by atoms with E-state index in [4.69, 9.17) is 0 Å². The zero-order valence-corrected chi connectivity index (χ0v) is 13.6. The summed E-state index contributed by atoms with van der Waals surface area (Å²) in [4.78, 5) is 12.1. The van der Waals surface area contributed by atoms with Gasteiger partial charge in [0.15, 0.2) is 6.10 Å². The molecule has 126 valence electrons. The lowest BCUT2D eigenvalue weighted by atomic mass is 9.76. The van der Waals surface area contributed by atoms with Gasteiger partial charge in [0.1, 0.15) is 0 Å². The maximum absolute atomic E-state index is 12.1. The zero-order chi connectivity index (χ0) is 17.5. The lowest BCUT2D eigenvalue weighted by molar-refractivity contribution is -0.130. The van der Waals surface area contributed by atoms with Gasteiger partial charge in [0.2, 0.25) is 0 Å². The van der Waals surface area contributed by atoms with Crippen LogP contribution in [0, 0.1) is 6.92 Å². The monoisotopic (exact) mass is 327 g/mol. The minimum absolute atomic E-state index is 0.355. The Morgan fingerprint density at radius 1 is 1.08 bits per heavy atom. The SMILES string of the molecule is Cc1ccc(CC[C@H](NC(=O)[C@H](O)c2ccccc2)B(O)O)cc1. The molecule has 2 rings (SSSR count). The second-order valence-corrected chi connectivity index (χ2v) is 5.87. The van der Waals surface area contributed by atoms with Crippen molar-refractivity contribution < 1.29 is 19.9 Å². The quantitative estimate of drug-likeness (QED) is 0.575. The molecular formula is C18H22BNO4. The molecule has 0 saturated heterocycles. The van der Waals surface area contributed by atoms with Crippen molar-refractivity contribution in [3.63, 3.8) is 0 Å².